The second-order valence-electron chi connectivity index (χ2n) is 7.54. The van der Waals surface area contributed by atoms with E-state index in [0.29, 0.717) is 56.6 Å². The van der Waals surface area contributed by atoms with Crippen LogP contribution in [0.5, 0.6) is 0 Å². The van der Waals surface area contributed by atoms with Crippen LogP contribution in [0, 0.1) is 0 Å². The van der Waals surface area contributed by atoms with Gasteiger partial charge in [0.05, 0.1) is 11.1 Å². The Kier molecular flexibility index (Phi) is 6.06. The summed E-state index contributed by atoms with van der Waals surface area (Å²) in [6, 6.07) is 9.44. The van der Waals surface area contributed by atoms with Gasteiger partial charge in [0.2, 0.25) is 5.91 Å². The van der Waals surface area contributed by atoms with Crippen LogP contribution >= 0.6 is 0 Å². The predicted molar refractivity (Wildman–Crippen MR) is 111 cm³/mol. The van der Waals surface area contributed by atoms with Gasteiger partial charge >= 0.3 is 6.18 Å². The molecule has 2 aromatic heterocycles. The van der Waals surface area contributed by atoms with Crippen molar-refractivity contribution in [2.75, 3.05) is 31.1 Å². The first-order valence-electron chi connectivity index (χ1n) is 10.2. The molecule has 1 fully saturated rings. The number of benzene rings is 1. The lowest BCUT2D eigenvalue weighted by Gasteiger charge is -2.35. The highest BCUT2D eigenvalue weighted by Crippen LogP contribution is 2.27. The van der Waals surface area contributed by atoms with Gasteiger partial charge in [0.25, 0.3) is 5.56 Å². The normalized spacial score (nSPS) is 14.7. The summed E-state index contributed by atoms with van der Waals surface area (Å²) in [4.78, 5) is 28.0. The maximum Gasteiger partial charge on any atom is 0.435 e. The lowest BCUT2D eigenvalue weighted by Crippen LogP contribution is -2.49. The molecular weight excluding hydrogens is 425 g/mol. The maximum absolute atomic E-state index is 12.6. The average Bonchev–Trinajstić information content (AvgIpc) is 2.80. The minimum atomic E-state index is -4.52. The lowest BCUT2D eigenvalue weighted by atomic mass is 10.1. The monoisotopic (exact) mass is 446 g/mol. The van der Waals surface area contributed by atoms with E-state index >= 15 is 0 Å². The van der Waals surface area contributed by atoms with Gasteiger partial charge in [-0.3, -0.25) is 9.59 Å². The average molecular weight is 446 g/mol. The number of aromatic amines is 1. The van der Waals surface area contributed by atoms with Gasteiger partial charge in [-0.05, 0) is 31.0 Å². The number of rotatable bonds is 5. The number of nitrogens with zero attached hydrogens (tertiary/aromatic N) is 5. The van der Waals surface area contributed by atoms with E-state index in [1.165, 1.54) is 6.07 Å². The van der Waals surface area contributed by atoms with Crippen LogP contribution in [0.4, 0.5) is 19.0 Å². The Bertz CT molecular complexity index is 1150. The van der Waals surface area contributed by atoms with E-state index in [1.807, 2.05) is 17.0 Å². The Hall–Kier alpha value is -3.50. The van der Waals surface area contributed by atoms with E-state index in [9.17, 15) is 22.8 Å². The minimum absolute atomic E-state index is 0.0110. The molecule has 4 rings (SSSR count). The highest BCUT2D eigenvalue weighted by atomic mass is 19.4. The summed E-state index contributed by atoms with van der Waals surface area (Å²) in [6.07, 6.45) is -3.03. The fraction of sp³-hybridized carbons (Fsp3) is 0.381. The molecule has 1 aromatic carbocycles. The third-order valence-corrected chi connectivity index (χ3v) is 5.48. The molecule has 0 atom stereocenters. The number of hydrogen-bond donors (Lipinski definition) is 1. The minimum Gasteiger partial charge on any atom is -0.352 e. The molecule has 1 aliphatic rings. The molecule has 0 aliphatic carbocycles. The molecule has 0 bridgehead atoms. The zero-order chi connectivity index (χ0) is 22.7. The van der Waals surface area contributed by atoms with Crippen molar-refractivity contribution in [1.29, 1.82) is 0 Å². The van der Waals surface area contributed by atoms with Gasteiger partial charge in [0.15, 0.2) is 11.5 Å². The standard InChI is InChI=1S/C21H21F3N6O2/c22-21(23,24)17-8-9-18(27-26-17)29-10-12-30(13-11-29)19(31)7-3-6-16-14-4-1-2-5-15(14)20(32)28-25-16/h1-2,4-5,8-9H,3,6-7,10-13H2,(H,28,32). The number of H-pyrrole nitrogens is 1. The molecule has 1 amide bonds. The van der Waals surface area contributed by atoms with E-state index < -0.39 is 11.9 Å². The van der Waals surface area contributed by atoms with Crippen LogP contribution in [0.1, 0.15) is 24.2 Å². The number of piperazine rings is 1. The zero-order valence-corrected chi connectivity index (χ0v) is 17.1. The highest BCUT2D eigenvalue weighted by Gasteiger charge is 2.33. The van der Waals surface area contributed by atoms with Crippen molar-refractivity contribution in [1.82, 2.24) is 25.3 Å². The summed E-state index contributed by atoms with van der Waals surface area (Å²) < 4.78 is 37.9. The van der Waals surface area contributed by atoms with E-state index in [4.69, 9.17) is 0 Å². The van der Waals surface area contributed by atoms with Crippen molar-refractivity contribution in [2.24, 2.45) is 0 Å². The van der Waals surface area contributed by atoms with Gasteiger partial charge in [0.1, 0.15) is 0 Å². The summed E-state index contributed by atoms with van der Waals surface area (Å²) in [5.74, 6) is 0.373. The molecule has 8 nitrogen and oxygen atoms in total. The summed E-state index contributed by atoms with van der Waals surface area (Å²) >= 11 is 0. The number of carbonyl (C=O) groups excluding carboxylic acids is 1. The van der Waals surface area contributed by atoms with Gasteiger partial charge in [-0.2, -0.15) is 18.3 Å². The molecule has 168 valence electrons. The molecule has 32 heavy (non-hydrogen) atoms. The second kappa shape index (κ2) is 8.93. The highest BCUT2D eigenvalue weighted by molar-refractivity contribution is 5.83. The molecule has 1 saturated heterocycles. The SMILES string of the molecule is O=C(CCCc1n[nH]c(=O)c2ccccc12)N1CCN(c2ccc(C(F)(F)F)nn2)CC1. The number of alkyl halides is 3. The number of anilines is 1. The van der Waals surface area contributed by atoms with E-state index in [2.05, 4.69) is 20.4 Å². The Morgan fingerprint density at radius 1 is 1.00 bits per heavy atom. The maximum atomic E-state index is 12.6. The largest absolute Gasteiger partial charge is 0.435 e. The molecular formula is C21H21F3N6O2. The molecule has 3 aromatic rings. The van der Waals surface area contributed by atoms with Crippen molar-refractivity contribution in [3.05, 3.63) is 58.1 Å². The zero-order valence-electron chi connectivity index (χ0n) is 17.1. The summed E-state index contributed by atoms with van der Waals surface area (Å²) in [7, 11) is 0. The summed E-state index contributed by atoms with van der Waals surface area (Å²) in [5, 5.41) is 14.9. The first-order valence-corrected chi connectivity index (χ1v) is 10.2. The topological polar surface area (TPSA) is 95.1 Å². The number of amides is 1. The fourth-order valence-electron chi connectivity index (χ4n) is 3.76. The first kappa shape index (κ1) is 21.7. The van der Waals surface area contributed by atoms with Crippen LogP contribution < -0.4 is 10.5 Å². The van der Waals surface area contributed by atoms with Gasteiger partial charge in [0, 0.05) is 38.0 Å². The van der Waals surface area contributed by atoms with Crippen molar-refractivity contribution in [3.63, 3.8) is 0 Å². The predicted octanol–water partition coefficient (Wildman–Crippen LogP) is 2.40. The van der Waals surface area contributed by atoms with Crippen LogP contribution in [0.15, 0.2) is 41.2 Å². The number of carbonyl (C=O) groups is 1. The molecule has 0 radical (unpaired) electrons. The molecule has 1 N–H and O–H groups in total. The van der Waals surface area contributed by atoms with E-state index in [1.54, 1.807) is 17.0 Å². The van der Waals surface area contributed by atoms with Crippen molar-refractivity contribution in [3.8, 4) is 0 Å². The van der Waals surface area contributed by atoms with Crippen molar-refractivity contribution in [2.45, 2.75) is 25.4 Å². The van der Waals surface area contributed by atoms with E-state index in [0.717, 1.165) is 17.1 Å². The van der Waals surface area contributed by atoms with Crippen LogP contribution in [-0.2, 0) is 17.4 Å². The molecule has 0 saturated carbocycles. The number of halogens is 3. The third kappa shape index (κ3) is 4.71. The Balaban J connectivity index is 1.28. The molecule has 3 heterocycles. The summed E-state index contributed by atoms with van der Waals surface area (Å²) in [5.41, 5.74) is -0.519. The fourth-order valence-corrected chi connectivity index (χ4v) is 3.76. The Morgan fingerprint density at radius 2 is 1.72 bits per heavy atom. The molecule has 11 heteroatoms. The van der Waals surface area contributed by atoms with Crippen LogP contribution in [0.2, 0.25) is 0 Å². The van der Waals surface area contributed by atoms with Gasteiger partial charge < -0.3 is 9.80 Å². The number of aryl methyl sites for hydroxylation is 1. The number of aromatic nitrogens is 4. The van der Waals surface area contributed by atoms with Gasteiger partial charge in [-0.25, -0.2) is 5.10 Å². The van der Waals surface area contributed by atoms with Gasteiger partial charge in [-0.1, -0.05) is 18.2 Å². The smallest absolute Gasteiger partial charge is 0.352 e. The molecule has 0 spiro atoms. The Morgan fingerprint density at radius 3 is 2.38 bits per heavy atom. The van der Waals surface area contributed by atoms with Gasteiger partial charge in [-0.15, -0.1) is 10.2 Å². The number of fused-ring (bicyclic) bond motifs is 1. The quantitative estimate of drug-likeness (QED) is 0.647. The second-order valence-corrected chi connectivity index (χ2v) is 7.54. The number of nitrogens with one attached hydrogen (secondary N) is 1. The molecule has 0 unspecified atom stereocenters. The first-order chi connectivity index (χ1) is 15.3. The van der Waals surface area contributed by atoms with Crippen molar-refractivity contribution < 1.29 is 18.0 Å². The van der Waals surface area contributed by atoms with Crippen LogP contribution in [-0.4, -0.2) is 57.4 Å². The third-order valence-electron chi connectivity index (χ3n) is 5.48. The van der Waals surface area contributed by atoms with Crippen LogP contribution in [0.3, 0.4) is 0 Å². The Labute approximate surface area is 181 Å². The van der Waals surface area contributed by atoms with E-state index in [-0.39, 0.29) is 11.5 Å². The van der Waals surface area contributed by atoms with Crippen molar-refractivity contribution >= 4 is 22.5 Å². The lowest BCUT2D eigenvalue weighted by molar-refractivity contribution is -0.141. The van der Waals surface area contributed by atoms with Crippen LogP contribution in [0.25, 0.3) is 10.8 Å². The molecule has 1 aliphatic heterocycles. The summed E-state index contributed by atoms with van der Waals surface area (Å²) in [6.45, 7) is 1.86. The number of hydrogen-bond acceptors (Lipinski definition) is 6.